The SMILES string of the molecule is C=CCNC(=S)NC1CCOc2ccc(C)cc21. The van der Waals surface area contributed by atoms with Gasteiger partial charge in [-0.15, -0.1) is 6.58 Å². The fourth-order valence-electron chi connectivity index (χ4n) is 2.04. The molecule has 0 amide bonds. The number of nitrogens with one attached hydrogen (secondary N) is 2. The van der Waals surface area contributed by atoms with Crippen molar-refractivity contribution in [3.8, 4) is 5.75 Å². The van der Waals surface area contributed by atoms with Gasteiger partial charge in [0.05, 0.1) is 12.6 Å². The van der Waals surface area contributed by atoms with Crippen LogP contribution in [0.4, 0.5) is 0 Å². The molecule has 3 nitrogen and oxygen atoms in total. The summed E-state index contributed by atoms with van der Waals surface area (Å²) in [5.74, 6) is 0.955. The summed E-state index contributed by atoms with van der Waals surface area (Å²) < 4.78 is 5.65. The summed E-state index contributed by atoms with van der Waals surface area (Å²) in [6.45, 7) is 7.14. The van der Waals surface area contributed by atoms with Crippen molar-refractivity contribution < 1.29 is 4.74 Å². The molecular weight excluding hydrogens is 244 g/mol. The Bertz CT molecular complexity index is 459. The third-order valence-corrected chi connectivity index (χ3v) is 3.18. The Labute approximate surface area is 113 Å². The molecule has 2 rings (SSSR count). The molecule has 1 aliphatic heterocycles. The molecule has 4 heteroatoms. The highest BCUT2D eigenvalue weighted by Crippen LogP contribution is 2.32. The monoisotopic (exact) mass is 262 g/mol. The van der Waals surface area contributed by atoms with Crippen LogP contribution in [0.15, 0.2) is 30.9 Å². The first-order valence-electron chi connectivity index (χ1n) is 6.09. The van der Waals surface area contributed by atoms with E-state index in [4.69, 9.17) is 17.0 Å². The van der Waals surface area contributed by atoms with Crippen molar-refractivity contribution in [2.75, 3.05) is 13.2 Å². The Morgan fingerprint density at radius 2 is 2.44 bits per heavy atom. The van der Waals surface area contributed by atoms with Crippen LogP contribution in [0.3, 0.4) is 0 Å². The maximum atomic E-state index is 5.65. The zero-order chi connectivity index (χ0) is 13.0. The second kappa shape index (κ2) is 5.87. The van der Waals surface area contributed by atoms with Crippen LogP contribution < -0.4 is 15.4 Å². The molecule has 0 fully saturated rings. The van der Waals surface area contributed by atoms with E-state index in [9.17, 15) is 0 Å². The van der Waals surface area contributed by atoms with Crippen LogP contribution in [0.5, 0.6) is 5.75 Å². The van der Waals surface area contributed by atoms with Crippen molar-refractivity contribution >= 4 is 17.3 Å². The van der Waals surface area contributed by atoms with E-state index in [1.165, 1.54) is 11.1 Å². The molecule has 2 N–H and O–H groups in total. The molecular formula is C14H18N2OS. The lowest BCUT2D eigenvalue weighted by Crippen LogP contribution is -2.39. The second-order valence-corrected chi connectivity index (χ2v) is 4.78. The molecule has 0 spiro atoms. The molecule has 0 aromatic heterocycles. The lowest BCUT2D eigenvalue weighted by molar-refractivity contribution is 0.262. The molecule has 1 aromatic rings. The summed E-state index contributed by atoms with van der Waals surface area (Å²) in [6, 6.07) is 6.47. The summed E-state index contributed by atoms with van der Waals surface area (Å²) >= 11 is 5.25. The molecule has 0 saturated carbocycles. The molecule has 1 atom stereocenters. The van der Waals surface area contributed by atoms with Crippen LogP contribution >= 0.6 is 12.2 Å². The number of aryl methyl sites for hydroxylation is 1. The Kier molecular flexibility index (Phi) is 4.20. The van der Waals surface area contributed by atoms with Gasteiger partial charge < -0.3 is 15.4 Å². The number of thiocarbonyl (C=S) groups is 1. The number of benzene rings is 1. The van der Waals surface area contributed by atoms with Gasteiger partial charge in [0.15, 0.2) is 5.11 Å². The minimum absolute atomic E-state index is 0.221. The highest BCUT2D eigenvalue weighted by Gasteiger charge is 2.21. The highest BCUT2D eigenvalue weighted by molar-refractivity contribution is 7.80. The molecule has 1 unspecified atom stereocenters. The maximum Gasteiger partial charge on any atom is 0.167 e. The second-order valence-electron chi connectivity index (χ2n) is 4.37. The Balaban J connectivity index is 2.09. The molecule has 1 aromatic carbocycles. The third kappa shape index (κ3) is 3.01. The van der Waals surface area contributed by atoms with E-state index in [-0.39, 0.29) is 6.04 Å². The first kappa shape index (κ1) is 12.9. The fourth-order valence-corrected chi connectivity index (χ4v) is 2.26. The predicted octanol–water partition coefficient (Wildman–Crippen LogP) is 2.47. The number of rotatable bonds is 3. The van der Waals surface area contributed by atoms with E-state index >= 15 is 0 Å². The van der Waals surface area contributed by atoms with Crippen LogP contribution in [0.25, 0.3) is 0 Å². The normalized spacial score (nSPS) is 17.3. The molecule has 0 bridgehead atoms. The lowest BCUT2D eigenvalue weighted by atomic mass is 9.99. The van der Waals surface area contributed by atoms with Crippen molar-refractivity contribution in [1.29, 1.82) is 0 Å². The molecule has 18 heavy (non-hydrogen) atoms. The summed E-state index contributed by atoms with van der Waals surface area (Å²) in [7, 11) is 0. The fraction of sp³-hybridized carbons (Fsp3) is 0.357. The Morgan fingerprint density at radius 3 is 3.22 bits per heavy atom. The van der Waals surface area contributed by atoms with E-state index in [0.29, 0.717) is 11.7 Å². The summed E-state index contributed by atoms with van der Waals surface area (Å²) in [5, 5.41) is 7.08. The molecule has 96 valence electrons. The minimum atomic E-state index is 0.221. The average molecular weight is 262 g/mol. The van der Waals surface area contributed by atoms with Gasteiger partial charge in [0.25, 0.3) is 0 Å². The van der Waals surface area contributed by atoms with E-state index in [0.717, 1.165) is 18.8 Å². The first-order valence-corrected chi connectivity index (χ1v) is 6.50. The van der Waals surface area contributed by atoms with Gasteiger partial charge in [-0.3, -0.25) is 0 Å². The molecule has 0 radical (unpaired) electrons. The van der Waals surface area contributed by atoms with E-state index in [1.807, 2.05) is 6.07 Å². The van der Waals surface area contributed by atoms with Crippen molar-refractivity contribution in [3.63, 3.8) is 0 Å². The first-order chi connectivity index (χ1) is 8.70. The standard InChI is InChI=1S/C14H18N2OS/c1-3-7-15-14(18)16-12-6-8-17-13-5-4-10(2)9-11(12)13/h3-5,9,12H,1,6-8H2,2H3,(H2,15,16,18). The van der Waals surface area contributed by atoms with Gasteiger partial charge in [-0.25, -0.2) is 0 Å². The van der Waals surface area contributed by atoms with Gasteiger partial charge >= 0.3 is 0 Å². The van der Waals surface area contributed by atoms with Crippen LogP contribution in [-0.2, 0) is 0 Å². The number of hydrogen-bond donors (Lipinski definition) is 2. The van der Waals surface area contributed by atoms with Gasteiger partial charge in [0, 0.05) is 18.5 Å². The zero-order valence-corrected chi connectivity index (χ0v) is 11.3. The molecule has 1 heterocycles. The van der Waals surface area contributed by atoms with Gasteiger partial charge in [-0.2, -0.15) is 0 Å². The van der Waals surface area contributed by atoms with Crippen molar-refractivity contribution in [2.45, 2.75) is 19.4 Å². The zero-order valence-electron chi connectivity index (χ0n) is 10.5. The minimum Gasteiger partial charge on any atom is -0.493 e. The van der Waals surface area contributed by atoms with Crippen molar-refractivity contribution in [3.05, 3.63) is 42.0 Å². The lowest BCUT2D eigenvalue weighted by Gasteiger charge is -2.28. The van der Waals surface area contributed by atoms with E-state index in [2.05, 4.69) is 36.3 Å². The number of hydrogen-bond acceptors (Lipinski definition) is 2. The van der Waals surface area contributed by atoms with Crippen LogP contribution in [0.2, 0.25) is 0 Å². The highest BCUT2D eigenvalue weighted by atomic mass is 32.1. The van der Waals surface area contributed by atoms with Crippen molar-refractivity contribution in [2.24, 2.45) is 0 Å². The largest absolute Gasteiger partial charge is 0.493 e. The van der Waals surface area contributed by atoms with Crippen LogP contribution in [-0.4, -0.2) is 18.3 Å². The molecule has 1 aliphatic rings. The van der Waals surface area contributed by atoms with Crippen molar-refractivity contribution in [1.82, 2.24) is 10.6 Å². The number of ether oxygens (including phenoxy) is 1. The summed E-state index contributed by atoms with van der Waals surface area (Å²) in [6.07, 6.45) is 2.71. The van der Waals surface area contributed by atoms with Gasteiger partial charge in [-0.1, -0.05) is 23.8 Å². The maximum absolute atomic E-state index is 5.65. The Morgan fingerprint density at radius 1 is 1.61 bits per heavy atom. The quantitative estimate of drug-likeness (QED) is 0.647. The topological polar surface area (TPSA) is 33.3 Å². The molecule has 0 saturated heterocycles. The van der Waals surface area contributed by atoms with Gasteiger partial charge in [0.1, 0.15) is 5.75 Å². The summed E-state index contributed by atoms with van der Waals surface area (Å²) in [4.78, 5) is 0. The summed E-state index contributed by atoms with van der Waals surface area (Å²) in [5.41, 5.74) is 2.42. The van der Waals surface area contributed by atoms with Crippen LogP contribution in [0, 0.1) is 6.92 Å². The molecule has 0 aliphatic carbocycles. The number of fused-ring (bicyclic) bond motifs is 1. The third-order valence-electron chi connectivity index (χ3n) is 2.92. The Hall–Kier alpha value is -1.55. The van der Waals surface area contributed by atoms with Crippen LogP contribution in [0.1, 0.15) is 23.6 Å². The van der Waals surface area contributed by atoms with E-state index in [1.54, 1.807) is 6.08 Å². The average Bonchev–Trinajstić information content (AvgIpc) is 2.37. The predicted molar refractivity (Wildman–Crippen MR) is 78.0 cm³/mol. The van der Waals surface area contributed by atoms with Gasteiger partial charge in [0.2, 0.25) is 0 Å². The van der Waals surface area contributed by atoms with Gasteiger partial charge in [-0.05, 0) is 25.2 Å². The van der Waals surface area contributed by atoms with E-state index < -0.39 is 0 Å². The smallest absolute Gasteiger partial charge is 0.167 e.